The molecule has 1 fully saturated rings. The fourth-order valence-corrected chi connectivity index (χ4v) is 4.56. The average Bonchev–Trinajstić information content (AvgIpc) is 3.26. The molecule has 0 radical (unpaired) electrons. The van der Waals surface area contributed by atoms with Crippen LogP contribution < -0.4 is 19.5 Å². The Morgan fingerprint density at radius 1 is 0.939 bits per heavy atom. The van der Waals surface area contributed by atoms with E-state index in [2.05, 4.69) is 54.7 Å². The molecular formula is C28H33NO4. The minimum Gasteiger partial charge on any atom is -0.496 e. The fourth-order valence-electron chi connectivity index (χ4n) is 4.56. The maximum absolute atomic E-state index is 10.1. The van der Waals surface area contributed by atoms with E-state index in [0.717, 1.165) is 30.4 Å². The van der Waals surface area contributed by atoms with Crippen molar-refractivity contribution in [2.24, 2.45) is 0 Å². The second-order valence-electron chi connectivity index (χ2n) is 8.54. The number of nitrogens with one attached hydrogen (secondary N) is 1. The first-order valence-electron chi connectivity index (χ1n) is 11.5. The molecule has 1 aliphatic carbocycles. The molecule has 0 spiro atoms. The van der Waals surface area contributed by atoms with E-state index in [1.807, 2.05) is 18.2 Å². The lowest BCUT2D eigenvalue weighted by Gasteiger charge is -2.20. The van der Waals surface area contributed by atoms with Gasteiger partial charge in [0.15, 0.2) is 0 Å². The minimum atomic E-state index is -0.292. The van der Waals surface area contributed by atoms with Gasteiger partial charge in [0.05, 0.1) is 25.9 Å². The smallest absolute Gasteiger partial charge is 0.130 e. The van der Waals surface area contributed by atoms with E-state index in [4.69, 9.17) is 14.2 Å². The number of aliphatic hydroxyl groups excluding tert-OH is 1. The Labute approximate surface area is 196 Å². The van der Waals surface area contributed by atoms with Crippen LogP contribution in [0.5, 0.6) is 17.2 Å². The van der Waals surface area contributed by atoms with Gasteiger partial charge in [0.1, 0.15) is 23.9 Å². The molecule has 3 aromatic carbocycles. The molecule has 0 saturated heterocycles. The summed E-state index contributed by atoms with van der Waals surface area (Å²) >= 11 is 0. The van der Waals surface area contributed by atoms with Crippen LogP contribution in [-0.2, 0) is 13.2 Å². The van der Waals surface area contributed by atoms with Gasteiger partial charge in [0, 0.05) is 24.7 Å². The standard InChI is InChI=1S/C28H33NO4/c1-19-21(11-7-12-23(19)20-9-5-4-6-10-20)18-33-22-15-27(31-2)24(28(16-22)32-3)17-29-25-13-8-14-26(25)30/h4-7,9-12,15-16,25-26,29-30H,8,13-14,17-18H2,1-3H3/t25-,26+/m0/s1. The highest BCUT2D eigenvalue weighted by Gasteiger charge is 2.25. The van der Waals surface area contributed by atoms with Gasteiger partial charge in [-0.1, -0.05) is 48.5 Å². The number of benzene rings is 3. The minimum absolute atomic E-state index is 0.107. The molecule has 1 saturated carbocycles. The van der Waals surface area contributed by atoms with E-state index in [-0.39, 0.29) is 12.1 Å². The highest BCUT2D eigenvalue weighted by atomic mass is 16.5. The number of ether oxygens (including phenoxy) is 3. The van der Waals surface area contributed by atoms with Crippen LogP contribution in [0.1, 0.15) is 36.0 Å². The van der Waals surface area contributed by atoms with Gasteiger partial charge in [0.2, 0.25) is 0 Å². The number of aliphatic hydroxyl groups is 1. The maximum Gasteiger partial charge on any atom is 0.130 e. The first-order valence-corrected chi connectivity index (χ1v) is 11.5. The van der Waals surface area contributed by atoms with Crippen molar-refractivity contribution in [1.82, 2.24) is 5.32 Å². The molecule has 3 aromatic rings. The van der Waals surface area contributed by atoms with Gasteiger partial charge in [-0.3, -0.25) is 0 Å². The predicted octanol–water partition coefficient (Wildman–Crippen LogP) is 5.26. The van der Waals surface area contributed by atoms with Crippen molar-refractivity contribution in [3.63, 3.8) is 0 Å². The molecule has 2 N–H and O–H groups in total. The van der Waals surface area contributed by atoms with Gasteiger partial charge in [-0.2, -0.15) is 0 Å². The van der Waals surface area contributed by atoms with Crippen molar-refractivity contribution in [2.45, 2.75) is 51.5 Å². The molecule has 5 heteroatoms. The lowest BCUT2D eigenvalue weighted by molar-refractivity contribution is 0.148. The molecule has 33 heavy (non-hydrogen) atoms. The third-order valence-electron chi connectivity index (χ3n) is 6.53. The topological polar surface area (TPSA) is 60.0 Å². The first kappa shape index (κ1) is 23.1. The Hall–Kier alpha value is -3.02. The SMILES string of the molecule is COc1cc(OCc2cccc(-c3ccccc3)c2C)cc(OC)c1CN[C@H]1CCC[C@H]1O. The summed E-state index contributed by atoms with van der Waals surface area (Å²) < 4.78 is 17.5. The maximum atomic E-state index is 10.1. The monoisotopic (exact) mass is 447 g/mol. The van der Waals surface area contributed by atoms with Crippen LogP contribution >= 0.6 is 0 Å². The molecule has 0 bridgehead atoms. The summed E-state index contributed by atoms with van der Waals surface area (Å²) in [7, 11) is 3.31. The van der Waals surface area contributed by atoms with Crippen LogP contribution in [0, 0.1) is 6.92 Å². The van der Waals surface area contributed by atoms with Crippen LogP contribution in [0.25, 0.3) is 11.1 Å². The van der Waals surface area contributed by atoms with Crippen LogP contribution in [0.2, 0.25) is 0 Å². The van der Waals surface area contributed by atoms with E-state index in [1.165, 1.54) is 16.7 Å². The van der Waals surface area contributed by atoms with Gasteiger partial charge in [-0.25, -0.2) is 0 Å². The van der Waals surface area contributed by atoms with Crippen molar-refractivity contribution in [1.29, 1.82) is 0 Å². The Bertz CT molecular complexity index is 1040. The highest BCUT2D eigenvalue weighted by molar-refractivity contribution is 5.68. The summed E-state index contributed by atoms with van der Waals surface area (Å²) in [5, 5.41) is 13.6. The summed E-state index contributed by atoms with van der Waals surface area (Å²) in [5.41, 5.74) is 5.68. The largest absolute Gasteiger partial charge is 0.496 e. The molecule has 4 rings (SSSR count). The second kappa shape index (κ2) is 10.7. The van der Waals surface area contributed by atoms with Gasteiger partial charge in [0.25, 0.3) is 0 Å². The van der Waals surface area contributed by atoms with Crippen molar-refractivity contribution in [3.8, 4) is 28.4 Å². The summed E-state index contributed by atoms with van der Waals surface area (Å²) in [6.07, 6.45) is 2.59. The fraction of sp³-hybridized carbons (Fsp3) is 0.357. The van der Waals surface area contributed by atoms with Crippen LogP contribution in [0.4, 0.5) is 0 Å². The third kappa shape index (κ3) is 5.32. The molecule has 1 aliphatic rings. The van der Waals surface area contributed by atoms with Crippen LogP contribution in [0.3, 0.4) is 0 Å². The van der Waals surface area contributed by atoms with E-state index in [0.29, 0.717) is 30.4 Å². The predicted molar refractivity (Wildman–Crippen MR) is 131 cm³/mol. The molecule has 0 unspecified atom stereocenters. The highest BCUT2D eigenvalue weighted by Crippen LogP contribution is 2.35. The molecular weight excluding hydrogens is 414 g/mol. The molecule has 0 aliphatic heterocycles. The van der Waals surface area contributed by atoms with Crippen molar-refractivity contribution < 1.29 is 19.3 Å². The van der Waals surface area contributed by atoms with Crippen LogP contribution in [-0.4, -0.2) is 31.5 Å². The molecule has 0 heterocycles. The van der Waals surface area contributed by atoms with Crippen molar-refractivity contribution in [2.75, 3.05) is 14.2 Å². The molecule has 0 aromatic heterocycles. The summed E-state index contributed by atoms with van der Waals surface area (Å²) in [6, 6.07) is 20.6. The summed E-state index contributed by atoms with van der Waals surface area (Å²) in [5.74, 6) is 2.11. The molecule has 2 atom stereocenters. The number of hydrogen-bond acceptors (Lipinski definition) is 5. The van der Waals surface area contributed by atoms with E-state index < -0.39 is 0 Å². The second-order valence-corrected chi connectivity index (χ2v) is 8.54. The van der Waals surface area contributed by atoms with E-state index in [9.17, 15) is 5.11 Å². The van der Waals surface area contributed by atoms with Crippen LogP contribution in [0.15, 0.2) is 60.7 Å². The Kier molecular flexibility index (Phi) is 7.53. The number of rotatable bonds is 9. The third-order valence-corrected chi connectivity index (χ3v) is 6.53. The van der Waals surface area contributed by atoms with Crippen molar-refractivity contribution >= 4 is 0 Å². The molecule has 5 nitrogen and oxygen atoms in total. The molecule has 0 amide bonds. The number of methoxy groups -OCH3 is 2. The average molecular weight is 448 g/mol. The zero-order valence-electron chi connectivity index (χ0n) is 19.6. The van der Waals surface area contributed by atoms with Gasteiger partial charge in [-0.05, 0) is 48.4 Å². The van der Waals surface area contributed by atoms with Gasteiger partial charge >= 0.3 is 0 Å². The Morgan fingerprint density at radius 2 is 1.67 bits per heavy atom. The zero-order valence-corrected chi connectivity index (χ0v) is 19.6. The van der Waals surface area contributed by atoms with Gasteiger partial charge in [-0.15, -0.1) is 0 Å². The van der Waals surface area contributed by atoms with E-state index >= 15 is 0 Å². The van der Waals surface area contributed by atoms with Crippen molar-refractivity contribution in [3.05, 3.63) is 77.4 Å². The molecule has 174 valence electrons. The lowest BCUT2D eigenvalue weighted by atomic mass is 9.97. The zero-order chi connectivity index (χ0) is 23.2. The summed E-state index contributed by atoms with van der Waals surface area (Å²) in [6.45, 7) is 3.14. The quantitative estimate of drug-likeness (QED) is 0.468. The first-order chi connectivity index (χ1) is 16.1. The van der Waals surface area contributed by atoms with E-state index in [1.54, 1.807) is 14.2 Å². The van der Waals surface area contributed by atoms with Gasteiger partial charge < -0.3 is 24.6 Å². The lowest BCUT2D eigenvalue weighted by Crippen LogP contribution is -2.35. The summed E-state index contributed by atoms with van der Waals surface area (Å²) in [4.78, 5) is 0. The Balaban J connectivity index is 1.51. The normalized spacial score (nSPS) is 17.7. The number of hydrogen-bond donors (Lipinski definition) is 2. The Morgan fingerprint density at radius 3 is 2.30 bits per heavy atom.